The van der Waals surface area contributed by atoms with E-state index in [2.05, 4.69) is 5.32 Å². The lowest BCUT2D eigenvalue weighted by molar-refractivity contribution is -0.384. The van der Waals surface area contributed by atoms with Crippen LogP contribution in [0.3, 0.4) is 0 Å². The van der Waals surface area contributed by atoms with E-state index in [1.165, 1.54) is 6.07 Å². The molecule has 0 heterocycles. The number of rotatable bonds is 6. The number of nitro groups is 1. The highest BCUT2D eigenvalue weighted by molar-refractivity contribution is 5.73. The average molecular weight is 284 g/mol. The molecule has 20 heavy (non-hydrogen) atoms. The summed E-state index contributed by atoms with van der Waals surface area (Å²) in [6.07, 6.45) is -0.217. The van der Waals surface area contributed by atoms with Crippen LogP contribution in [0.15, 0.2) is 18.2 Å². The van der Waals surface area contributed by atoms with Crippen LogP contribution in [0.4, 0.5) is 15.8 Å². The lowest BCUT2D eigenvalue weighted by atomic mass is 10.1. The van der Waals surface area contributed by atoms with Crippen molar-refractivity contribution in [1.29, 1.82) is 0 Å². The fourth-order valence-corrected chi connectivity index (χ4v) is 1.50. The predicted molar refractivity (Wildman–Crippen MR) is 71.9 cm³/mol. The molecule has 1 atom stereocenters. The number of nitrogens with zero attached hydrogens (tertiary/aromatic N) is 1. The number of hydrogen-bond acceptors (Lipinski definition) is 5. The molecule has 6 nitrogen and oxygen atoms in total. The molecular formula is C13H17FN2O4. The molecule has 0 saturated carbocycles. The van der Waals surface area contributed by atoms with Gasteiger partial charge in [-0.3, -0.25) is 14.9 Å². The normalized spacial score (nSPS) is 12.1. The summed E-state index contributed by atoms with van der Waals surface area (Å²) in [6.45, 7) is 5.29. The average Bonchev–Trinajstić information content (AvgIpc) is 2.35. The van der Waals surface area contributed by atoms with Gasteiger partial charge in [0, 0.05) is 6.54 Å². The Kier molecular flexibility index (Phi) is 5.42. The predicted octanol–water partition coefficient (Wildman–Crippen LogP) is 2.73. The molecule has 0 saturated heterocycles. The van der Waals surface area contributed by atoms with Crippen LogP contribution in [0.2, 0.25) is 0 Å². The van der Waals surface area contributed by atoms with Gasteiger partial charge in [0.15, 0.2) is 0 Å². The molecule has 0 fully saturated rings. The molecular weight excluding hydrogens is 267 g/mol. The van der Waals surface area contributed by atoms with Crippen LogP contribution in [0.1, 0.15) is 20.8 Å². The molecule has 1 aromatic carbocycles. The maximum atomic E-state index is 13.0. The number of carbonyl (C=O) groups excluding carboxylic acids is 1. The molecule has 0 radical (unpaired) electrons. The summed E-state index contributed by atoms with van der Waals surface area (Å²) in [4.78, 5) is 21.7. The van der Waals surface area contributed by atoms with Crippen molar-refractivity contribution in [2.24, 2.45) is 5.92 Å². The summed E-state index contributed by atoms with van der Waals surface area (Å²) >= 11 is 0. The Morgan fingerprint density at radius 2 is 2.10 bits per heavy atom. The summed E-state index contributed by atoms with van der Waals surface area (Å²) in [5.41, 5.74) is -0.199. The van der Waals surface area contributed by atoms with Gasteiger partial charge in [-0.15, -0.1) is 0 Å². The number of hydrogen-bond donors (Lipinski definition) is 1. The van der Waals surface area contributed by atoms with Gasteiger partial charge in [-0.25, -0.2) is 4.39 Å². The van der Waals surface area contributed by atoms with Crippen LogP contribution in [0.25, 0.3) is 0 Å². The molecule has 0 spiro atoms. The highest BCUT2D eigenvalue weighted by Crippen LogP contribution is 2.25. The first kappa shape index (κ1) is 15.9. The van der Waals surface area contributed by atoms with Crippen LogP contribution in [-0.2, 0) is 9.53 Å². The molecule has 0 amide bonds. The molecule has 7 heteroatoms. The second kappa shape index (κ2) is 6.83. The Morgan fingerprint density at radius 1 is 1.45 bits per heavy atom. The number of halogens is 1. The first-order chi connectivity index (χ1) is 9.31. The summed E-state index contributed by atoms with van der Waals surface area (Å²) < 4.78 is 18.0. The van der Waals surface area contributed by atoms with E-state index in [4.69, 9.17) is 4.74 Å². The Balaban J connectivity index is 2.70. The van der Waals surface area contributed by atoms with Crippen LogP contribution in [0.5, 0.6) is 0 Å². The van der Waals surface area contributed by atoms with Crippen molar-refractivity contribution in [3.63, 3.8) is 0 Å². The summed E-state index contributed by atoms with van der Waals surface area (Å²) in [5.74, 6) is -1.55. The molecule has 1 rings (SSSR count). The SMILES string of the molecule is CC(C)OC(=O)C(C)CNc1ccc(F)cc1[N+](=O)[O-]. The van der Waals surface area contributed by atoms with Crippen LogP contribution >= 0.6 is 0 Å². The van der Waals surface area contributed by atoms with Gasteiger partial charge >= 0.3 is 5.97 Å². The number of nitro benzene ring substituents is 1. The molecule has 110 valence electrons. The zero-order valence-corrected chi connectivity index (χ0v) is 11.6. The number of nitrogens with one attached hydrogen (secondary N) is 1. The highest BCUT2D eigenvalue weighted by Gasteiger charge is 2.19. The smallest absolute Gasteiger partial charge is 0.310 e. The minimum atomic E-state index is -0.686. The maximum Gasteiger partial charge on any atom is 0.310 e. The van der Waals surface area contributed by atoms with Gasteiger partial charge in [-0.2, -0.15) is 0 Å². The van der Waals surface area contributed by atoms with E-state index in [0.717, 1.165) is 12.1 Å². The summed E-state index contributed by atoms with van der Waals surface area (Å²) in [6, 6.07) is 3.22. The first-order valence-electron chi connectivity index (χ1n) is 6.19. The van der Waals surface area contributed by atoms with Gasteiger partial charge in [-0.1, -0.05) is 6.92 Å². The third-order valence-corrected chi connectivity index (χ3v) is 2.51. The number of carbonyl (C=O) groups is 1. The summed E-state index contributed by atoms with van der Waals surface area (Å²) in [5, 5.41) is 13.6. The topological polar surface area (TPSA) is 81.5 Å². The van der Waals surface area contributed by atoms with Crippen LogP contribution in [0, 0.1) is 21.8 Å². The quantitative estimate of drug-likeness (QED) is 0.493. The van der Waals surface area contributed by atoms with Gasteiger partial charge < -0.3 is 10.1 Å². The minimum absolute atomic E-state index is 0.165. The highest BCUT2D eigenvalue weighted by atomic mass is 19.1. The van der Waals surface area contributed by atoms with E-state index in [9.17, 15) is 19.3 Å². The molecule has 0 bridgehead atoms. The molecule has 0 aliphatic carbocycles. The molecule has 0 aliphatic heterocycles. The molecule has 1 N–H and O–H groups in total. The fourth-order valence-electron chi connectivity index (χ4n) is 1.50. The fraction of sp³-hybridized carbons (Fsp3) is 0.462. The summed E-state index contributed by atoms with van der Waals surface area (Å²) in [7, 11) is 0. The van der Waals surface area contributed by atoms with Crippen molar-refractivity contribution in [1.82, 2.24) is 0 Å². The second-order valence-electron chi connectivity index (χ2n) is 4.69. The van der Waals surface area contributed by atoms with E-state index in [-0.39, 0.29) is 24.0 Å². The van der Waals surface area contributed by atoms with Crippen LogP contribution < -0.4 is 5.32 Å². The van der Waals surface area contributed by atoms with E-state index >= 15 is 0 Å². The number of anilines is 1. The Hall–Kier alpha value is -2.18. The van der Waals surface area contributed by atoms with Crippen LogP contribution in [-0.4, -0.2) is 23.5 Å². The van der Waals surface area contributed by atoms with Crippen molar-refractivity contribution >= 4 is 17.3 Å². The van der Waals surface area contributed by atoms with Gasteiger partial charge in [0.25, 0.3) is 5.69 Å². The molecule has 1 aromatic rings. The molecule has 1 unspecified atom stereocenters. The standard InChI is InChI=1S/C13H17FN2O4/c1-8(2)20-13(17)9(3)7-15-11-5-4-10(14)6-12(11)16(18)19/h4-6,8-9,15H,7H2,1-3H3. The second-order valence-corrected chi connectivity index (χ2v) is 4.69. The number of benzene rings is 1. The van der Waals surface area contributed by atoms with E-state index in [1.54, 1.807) is 20.8 Å². The number of ether oxygens (including phenoxy) is 1. The van der Waals surface area contributed by atoms with Gasteiger partial charge in [0.05, 0.1) is 23.0 Å². The van der Waals surface area contributed by atoms with Gasteiger partial charge in [-0.05, 0) is 26.0 Å². The van der Waals surface area contributed by atoms with Crippen molar-refractivity contribution in [2.75, 3.05) is 11.9 Å². The minimum Gasteiger partial charge on any atom is -0.463 e. The van der Waals surface area contributed by atoms with Crippen molar-refractivity contribution in [3.8, 4) is 0 Å². The maximum absolute atomic E-state index is 13.0. The largest absolute Gasteiger partial charge is 0.463 e. The molecule has 0 aliphatic rings. The van der Waals surface area contributed by atoms with Crippen molar-refractivity contribution in [3.05, 3.63) is 34.1 Å². The molecule has 0 aromatic heterocycles. The zero-order valence-electron chi connectivity index (χ0n) is 11.6. The lowest BCUT2D eigenvalue weighted by Crippen LogP contribution is -2.25. The lowest BCUT2D eigenvalue weighted by Gasteiger charge is -2.15. The number of esters is 1. The zero-order chi connectivity index (χ0) is 15.3. The Morgan fingerprint density at radius 3 is 2.65 bits per heavy atom. The van der Waals surface area contributed by atoms with E-state index in [1.807, 2.05) is 0 Å². The van der Waals surface area contributed by atoms with E-state index < -0.39 is 22.6 Å². The third kappa shape index (κ3) is 4.49. The van der Waals surface area contributed by atoms with Crippen molar-refractivity contribution in [2.45, 2.75) is 26.9 Å². The monoisotopic (exact) mass is 284 g/mol. The van der Waals surface area contributed by atoms with Crippen molar-refractivity contribution < 1.29 is 18.8 Å². The Labute approximate surface area is 116 Å². The Bertz CT molecular complexity index is 505. The first-order valence-corrected chi connectivity index (χ1v) is 6.19. The van der Waals surface area contributed by atoms with Gasteiger partial charge in [0.2, 0.25) is 0 Å². The van der Waals surface area contributed by atoms with E-state index in [0.29, 0.717) is 0 Å². The van der Waals surface area contributed by atoms with Gasteiger partial charge in [0.1, 0.15) is 11.5 Å². The third-order valence-electron chi connectivity index (χ3n) is 2.51.